The van der Waals surface area contributed by atoms with E-state index in [2.05, 4.69) is 24.0 Å². The number of benzene rings is 1. The fourth-order valence-corrected chi connectivity index (χ4v) is 2.82. The molecular weight excluding hydrogens is 252 g/mol. The molecule has 1 aromatic carbocycles. The Morgan fingerprint density at radius 2 is 1.85 bits per heavy atom. The molecule has 0 unspecified atom stereocenters. The van der Waals surface area contributed by atoms with Crippen molar-refractivity contribution in [2.75, 3.05) is 37.7 Å². The summed E-state index contributed by atoms with van der Waals surface area (Å²) < 4.78 is 5.36. The summed E-state index contributed by atoms with van der Waals surface area (Å²) in [5.41, 5.74) is 3.00. The van der Waals surface area contributed by atoms with Crippen LogP contribution in [0, 0.1) is 6.92 Å². The van der Waals surface area contributed by atoms with Crippen molar-refractivity contribution >= 4 is 11.6 Å². The number of carbonyl (C=O) groups excluding carboxylic acids is 1. The number of amides is 1. The monoisotopic (exact) mass is 272 g/mol. The molecule has 0 bridgehead atoms. The minimum atomic E-state index is 0.118. The van der Waals surface area contributed by atoms with Gasteiger partial charge in [0.2, 0.25) is 0 Å². The fraction of sp³-hybridized carbons (Fsp3) is 0.438. The smallest absolute Gasteiger partial charge is 0.274 e. The molecule has 2 aliphatic rings. The van der Waals surface area contributed by atoms with Crippen molar-refractivity contribution in [1.82, 2.24) is 4.90 Å². The molecule has 4 nitrogen and oxygen atoms in total. The van der Waals surface area contributed by atoms with Crippen LogP contribution in [0.5, 0.6) is 0 Å². The largest absolute Gasteiger partial charge is 0.378 e. The van der Waals surface area contributed by atoms with Crippen LogP contribution in [0.25, 0.3) is 0 Å². The van der Waals surface area contributed by atoms with E-state index in [1.807, 2.05) is 23.1 Å². The zero-order chi connectivity index (χ0) is 13.9. The quantitative estimate of drug-likeness (QED) is 0.825. The lowest BCUT2D eigenvalue weighted by molar-refractivity contribution is -0.117. The molecule has 0 atom stereocenters. The second kappa shape index (κ2) is 5.67. The number of morpholine rings is 1. The highest BCUT2D eigenvalue weighted by atomic mass is 16.5. The number of nitrogens with zero attached hydrogens (tertiary/aromatic N) is 2. The average Bonchev–Trinajstić information content (AvgIpc) is 2.49. The number of hydrogen-bond acceptors (Lipinski definition) is 3. The van der Waals surface area contributed by atoms with Crippen LogP contribution in [0.1, 0.15) is 12.0 Å². The van der Waals surface area contributed by atoms with Crippen molar-refractivity contribution in [3.05, 3.63) is 41.6 Å². The zero-order valence-electron chi connectivity index (χ0n) is 11.8. The summed E-state index contributed by atoms with van der Waals surface area (Å²) in [7, 11) is 0. The Bertz CT molecular complexity index is 533. The summed E-state index contributed by atoms with van der Waals surface area (Å²) in [6.45, 7) is 5.83. The zero-order valence-corrected chi connectivity index (χ0v) is 11.8. The van der Waals surface area contributed by atoms with Crippen LogP contribution in [0.4, 0.5) is 5.69 Å². The molecular formula is C16H20N2O2. The molecule has 3 rings (SSSR count). The second-order valence-electron chi connectivity index (χ2n) is 5.22. The molecule has 1 saturated heterocycles. The molecule has 1 aromatic rings. The van der Waals surface area contributed by atoms with Gasteiger partial charge in [0.1, 0.15) is 0 Å². The van der Waals surface area contributed by atoms with Crippen LogP contribution >= 0.6 is 0 Å². The highest BCUT2D eigenvalue weighted by molar-refractivity contribution is 6.06. The van der Waals surface area contributed by atoms with Gasteiger partial charge in [-0.15, -0.1) is 0 Å². The highest BCUT2D eigenvalue weighted by Crippen LogP contribution is 2.25. The molecule has 2 heterocycles. The van der Waals surface area contributed by atoms with E-state index < -0.39 is 0 Å². The van der Waals surface area contributed by atoms with Crippen LogP contribution < -0.4 is 4.90 Å². The Morgan fingerprint density at radius 1 is 1.10 bits per heavy atom. The van der Waals surface area contributed by atoms with Crippen molar-refractivity contribution in [3.8, 4) is 0 Å². The van der Waals surface area contributed by atoms with E-state index in [4.69, 9.17) is 4.74 Å². The summed E-state index contributed by atoms with van der Waals surface area (Å²) >= 11 is 0. The van der Waals surface area contributed by atoms with Gasteiger partial charge in [0, 0.05) is 25.3 Å². The first kappa shape index (κ1) is 13.2. The number of aryl methyl sites for hydroxylation is 1. The lowest BCUT2D eigenvalue weighted by Gasteiger charge is -2.36. The van der Waals surface area contributed by atoms with Gasteiger partial charge in [-0.25, -0.2) is 0 Å². The van der Waals surface area contributed by atoms with Crippen LogP contribution in [-0.4, -0.2) is 43.7 Å². The van der Waals surface area contributed by atoms with Crippen molar-refractivity contribution in [3.63, 3.8) is 0 Å². The van der Waals surface area contributed by atoms with Gasteiger partial charge in [-0.2, -0.15) is 0 Å². The lowest BCUT2D eigenvalue weighted by Crippen LogP contribution is -2.45. The lowest BCUT2D eigenvalue weighted by atomic mass is 10.1. The Kier molecular flexibility index (Phi) is 3.74. The number of hydrogen-bond donors (Lipinski definition) is 0. The molecule has 1 amide bonds. The summed E-state index contributed by atoms with van der Waals surface area (Å²) in [6.07, 6.45) is 2.98. The average molecular weight is 272 g/mol. The van der Waals surface area contributed by atoms with E-state index in [0.29, 0.717) is 13.2 Å². The second-order valence-corrected chi connectivity index (χ2v) is 5.22. The minimum absolute atomic E-state index is 0.118. The Labute approximate surface area is 119 Å². The molecule has 0 aromatic heterocycles. The van der Waals surface area contributed by atoms with Crippen LogP contribution in [0.2, 0.25) is 0 Å². The molecule has 106 valence electrons. The fourth-order valence-electron chi connectivity index (χ4n) is 2.82. The number of ether oxygens (including phenoxy) is 1. The molecule has 0 N–H and O–H groups in total. The van der Waals surface area contributed by atoms with E-state index in [1.165, 1.54) is 0 Å². The van der Waals surface area contributed by atoms with E-state index in [-0.39, 0.29) is 5.91 Å². The van der Waals surface area contributed by atoms with Crippen molar-refractivity contribution in [1.29, 1.82) is 0 Å². The van der Waals surface area contributed by atoms with Gasteiger partial charge in [-0.05, 0) is 25.0 Å². The molecule has 0 aliphatic carbocycles. The highest BCUT2D eigenvalue weighted by Gasteiger charge is 2.28. The summed E-state index contributed by atoms with van der Waals surface area (Å²) in [5, 5.41) is 0. The van der Waals surface area contributed by atoms with E-state index >= 15 is 0 Å². The van der Waals surface area contributed by atoms with Gasteiger partial charge < -0.3 is 14.5 Å². The predicted octanol–water partition coefficient (Wildman–Crippen LogP) is 1.95. The first-order valence-electron chi connectivity index (χ1n) is 7.18. The number of carbonyl (C=O) groups is 1. The Balaban J connectivity index is 1.84. The summed E-state index contributed by atoms with van der Waals surface area (Å²) in [6, 6.07) is 8.07. The maximum absolute atomic E-state index is 12.8. The molecule has 1 fully saturated rings. The third-order valence-electron chi connectivity index (χ3n) is 3.91. The molecule has 0 spiro atoms. The third kappa shape index (κ3) is 2.43. The van der Waals surface area contributed by atoms with Gasteiger partial charge in [0.15, 0.2) is 0 Å². The first-order chi connectivity index (χ1) is 9.77. The number of rotatable bonds is 2. The number of para-hydroxylation sites is 1. The molecule has 2 aliphatic heterocycles. The van der Waals surface area contributed by atoms with Gasteiger partial charge in [0.25, 0.3) is 5.91 Å². The molecule has 4 heteroatoms. The van der Waals surface area contributed by atoms with Crippen molar-refractivity contribution in [2.24, 2.45) is 0 Å². The maximum atomic E-state index is 12.8. The molecule has 0 saturated carbocycles. The van der Waals surface area contributed by atoms with E-state index in [1.54, 1.807) is 0 Å². The first-order valence-corrected chi connectivity index (χ1v) is 7.18. The van der Waals surface area contributed by atoms with Gasteiger partial charge in [-0.1, -0.05) is 24.3 Å². The summed E-state index contributed by atoms with van der Waals surface area (Å²) in [4.78, 5) is 16.8. The SMILES string of the molecule is Cc1ccccc1N1CCC=C(N2CCOCC2)C1=O. The van der Waals surface area contributed by atoms with Crippen LogP contribution in [0.15, 0.2) is 36.0 Å². The standard InChI is InChI=1S/C16H20N2O2/c1-13-5-2-3-6-14(13)18-8-4-7-15(16(18)19)17-9-11-20-12-10-17/h2-3,5-7H,4,8-12H2,1H3. The van der Waals surface area contributed by atoms with E-state index in [9.17, 15) is 4.79 Å². The van der Waals surface area contributed by atoms with Gasteiger partial charge in [-0.3, -0.25) is 4.79 Å². The third-order valence-corrected chi connectivity index (χ3v) is 3.91. The van der Waals surface area contributed by atoms with Gasteiger partial charge >= 0.3 is 0 Å². The predicted molar refractivity (Wildman–Crippen MR) is 78.6 cm³/mol. The van der Waals surface area contributed by atoms with Crippen LogP contribution in [0.3, 0.4) is 0 Å². The molecule has 20 heavy (non-hydrogen) atoms. The van der Waals surface area contributed by atoms with Crippen molar-refractivity contribution in [2.45, 2.75) is 13.3 Å². The van der Waals surface area contributed by atoms with Crippen LogP contribution in [-0.2, 0) is 9.53 Å². The Morgan fingerprint density at radius 3 is 2.60 bits per heavy atom. The van der Waals surface area contributed by atoms with Gasteiger partial charge in [0.05, 0.1) is 18.9 Å². The minimum Gasteiger partial charge on any atom is -0.378 e. The Hall–Kier alpha value is -1.81. The number of anilines is 1. The van der Waals surface area contributed by atoms with E-state index in [0.717, 1.165) is 43.0 Å². The maximum Gasteiger partial charge on any atom is 0.274 e. The summed E-state index contributed by atoms with van der Waals surface area (Å²) in [5.74, 6) is 0.118. The van der Waals surface area contributed by atoms with Crippen molar-refractivity contribution < 1.29 is 9.53 Å². The normalized spacial score (nSPS) is 20.1. The molecule has 0 radical (unpaired) electrons. The topological polar surface area (TPSA) is 32.8 Å².